The molecule has 6 nitrogen and oxygen atoms in total. The van der Waals surface area contributed by atoms with Crippen molar-refractivity contribution in [3.63, 3.8) is 0 Å². The van der Waals surface area contributed by atoms with Crippen LogP contribution in [0.1, 0.15) is 21.7 Å². The van der Waals surface area contributed by atoms with E-state index >= 15 is 0 Å². The van der Waals surface area contributed by atoms with Gasteiger partial charge in [-0.1, -0.05) is 29.0 Å². The number of fused-ring (bicyclic) bond motifs is 1. The summed E-state index contributed by atoms with van der Waals surface area (Å²) in [6.07, 6.45) is 8.18. The second-order valence-electron chi connectivity index (χ2n) is 7.19. The van der Waals surface area contributed by atoms with Crippen LogP contribution in [0.15, 0.2) is 43.0 Å². The number of rotatable bonds is 3. The lowest BCUT2D eigenvalue weighted by atomic mass is 10.1. The van der Waals surface area contributed by atoms with Crippen LogP contribution in [0.5, 0.6) is 0 Å². The monoisotopic (exact) mass is 422 g/mol. The van der Waals surface area contributed by atoms with Crippen molar-refractivity contribution in [1.29, 1.82) is 0 Å². The molecule has 0 N–H and O–H groups in total. The Bertz CT molecular complexity index is 1180. The SMILES string of the molecule is Cc1cnc(-c2cc(N3CCc4nc(-n5cccn5)sc4C3)ncc2Cl)c(C)c1. The number of anilines is 1. The average molecular weight is 423 g/mol. The lowest BCUT2D eigenvalue weighted by Gasteiger charge is -2.27. The van der Waals surface area contributed by atoms with Gasteiger partial charge in [-0.25, -0.2) is 14.6 Å². The maximum atomic E-state index is 6.48. The number of aryl methyl sites for hydroxylation is 2. The van der Waals surface area contributed by atoms with E-state index in [9.17, 15) is 0 Å². The molecule has 0 fully saturated rings. The van der Waals surface area contributed by atoms with Gasteiger partial charge in [-0.3, -0.25) is 4.98 Å². The van der Waals surface area contributed by atoms with Crippen molar-refractivity contribution in [3.05, 3.63) is 69.7 Å². The summed E-state index contributed by atoms with van der Waals surface area (Å²) in [5, 5.41) is 5.82. The van der Waals surface area contributed by atoms with Crippen molar-refractivity contribution >= 4 is 28.8 Å². The number of halogens is 1. The summed E-state index contributed by atoms with van der Waals surface area (Å²) in [5.74, 6) is 0.908. The lowest BCUT2D eigenvalue weighted by Crippen LogP contribution is -2.30. The molecule has 0 amide bonds. The van der Waals surface area contributed by atoms with E-state index in [1.807, 2.05) is 36.1 Å². The summed E-state index contributed by atoms with van der Waals surface area (Å²) in [6.45, 7) is 5.75. The topological polar surface area (TPSA) is 59.7 Å². The summed E-state index contributed by atoms with van der Waals surface area (Å²) in [5.41, 5.74) is 5.22. The van der Waals surface area contributed by atoms with Crippen molar-refractivity contribution in [2.24, 2.45) is 0 Å². The molecule has 5 rings (SSSR count). The smallest absolute Gasteiger partial charge is 0.210 e. The Morgan fingerprint density at radius 2 is 2.03 bits per heavy atom. The highest BCUT2D eigenvalue weighted by atomic mass is 35.5. The van der Waals surface area contributed by atoms with Crippen LogP contribution in [0.4, 0.5) is 5.82 Å². The molecule has 0 atom stereocenters. The largest absolute Gasteiger partial charge is 0.351 e. The van der Waals surface area contributed by atoms with Gasteiger partial charge >= 0.3 is 0 Å². The van der Waals surface area contributed by atoms with Crippen molar-refractivity contribution in [2.75, 3.05) is 11.4 Å². The Morgan fingerprint density at radius 3 is 2.83 bits per heavy atom. The van der Waals surface area contributed by atoms with Crippen LogP contribution in [0, 0.1) is 13.8 Å². The van der Waals surface area contributed by atoms with E-state index in [4.69, 9.17) is 16.6 Å². The summed E-state index contributed by atoms with van der Waals surface area (Å²) in [7, 11) is 0. The predicted octanol–water partition coefficient (Wildman–Crippen LogP) is 4.62. The molecule has 146 valence electrons. The van der Waals surface area contributed by atoms with Crippen LogP contribution >= 0.6 is 22.9 Å². The maximum absolute atomic E-state index is 6.48. The first-order valence-corrected chi connectivity index (χ1v) is 10.6. The van der Waals surface area contributed by atoms with Gasteiger partial charge in [0, 0.05) is 48.2 Å². The van der Waals surface area contributed by atoms with Crippen molar-refractivity contribution in [2.45, 2.75) is 26.8 Å². The third-order valence-corrected chi connectivity index (χ3v) is 6.43. The van der Waals surface area contributed by atoms with Gasteiger partial charge in [-0.2, -0.15) is 5.10 Å². The predicted molar refractivity (Wildman–Crippen MR) is 116 cm³/mol. The van der Waals surface area contributed by atoms with Gasteiger partial charge in [-0.05, 0) is 37.1 Å². The first-order valence-electron chi connectivity index (χ1n) is 9.41. The summed E-state index contributed by atoms with van der Waals surface area (Å²) >= 11 is 8.16. The molecular formula is C21H19ClN6S. The highest BCUT2D eigenvalue weighted by Crippen LogP contribution is 2.34. The van der Waals surface area contributed by atoms with E-state index < -0.39 is 0 Å². The van der Waals surface area contributed by atoms with E-state index in [-0.39, 0.29) is 0 Å². The van der Waals surface area contributed by atoms with Gasteiger partial charge < -0.3 is 4.90 Å². The van der Waals surface area contributed by atoms with Crippen LogP contribution in [0.2, 0.25) is 5.02 Å². The highest BCUT2D eigenvalue weighted by Gasteiger charge is 2.23. The quantitative estimate of drug-likeness (QED) is 0.482. The van der Waals surface area contributed by atoms with E-state index in [2.05, 4.69) is 33.0 Å². The van der Waals surface area contributed by atoms with Gasteiger partial charge in [0.25, 0.3) is 0 Å². The van der Waals surface area contributed by atoms with Gasteiger partial charge in [0.1, 0.15) is 5.82 Å². The molecular weight excluding hydrogens is 404 g/mol. The van der Waals surface area contributed by atoms with E-state index in [0.29, 0.717) is 5.02 Å². The number of hydrogen-bond acceptors (Lipinski definition) is 6. The molecule has 1 aliphatic heterocycles. The number of nitrogens with zero attached hydrogens (tertiary/aromatic N) is 6. The standard InChI is InChI=1S/C21H19ClN6S/c1-13-8-14(2)20(24-10-13)15-9-19(23-11-16(15)22)27-7-4-17-18(12-27)29-21(26-17)28-6-3-5-25-28/h3,5-6,8-11H,4,7,12H2,1-2H3. The van der Waals surface area contributed by atoms with E-state index in [1.165, 1.54) is 4.88 Å². The van der Waals surface area contributed by atoms with Crippen LogP contribution < -0.4 is 4.90 Å². The Kier molecular flexibility index (Phi) is 4.56. The zero-order valence-electron chi connectivity index (χ0n) is 16.1. The molecule has 5 heterocycles. The first-order chi connectivity index (χ1) is 14.1. The normalized spacial score (nSPS) is 13.6. The summed E-state index contributed by atoms with van der Waals surface area (Å²) in [6, 6.07) is 6.08. The lowest BCUT2D eigenvalue weighted by molar-refractivity contribution is 0.716. The molecule has 1 aliphatic rings. The third kappa shape index (κ3) is 3.41. The molecule has 0 saturated heterocycles. The van der Waals surface area contributed by atoms with Gasteiger partial charge in [0.05, 0.1) is 23.0 Å². The number of aromatic nitrogens is 5. The van der Waals surface area contributed by atoms with Crippen LogP contribution in [-0.4, -0.2) is 31.3 Å². The molecule has 4 aromatic rings. The van der Waals surface area contributed by atoms with Crippen molar-refractivity contribution in [3.8, 4) is 16.4 Å². The fourth-order valence-electron chi connectivity index (χ4n) is 3.64. The fraction of sp³-hybridized carbons (Fsp3) is 0.238. The molecule has 4 aromatic heterocycles. The molecule has 0 spiro atoms. The molecule has 0 unspecified atom stereocenters. The average Bonchev–Trinajstić information content (AvgIpc) is 3.38. The molecule has 0 radical (unpaired) electrons. The Hall–Kier alpha value is -2.77. The highest BCUT2D eigenvalue weighted by molar-refractivity contribution is 7.14. The molecule has 0 bridgehead atoms. The van der Waals surface area contributed by atoms with Gasteiger partial charge in [-0.15, -0.1) is 0 Å². The van der Waals surface area contributed by atoms with Crippen molar-refractivity contribution < 1.29 is 0 Å². The van der Waals surface area contributed by atoms with Crippen LogP contribution in [0.25, 0.3) is 16.4 Å². The van der Waals surface area contributed by atoms with E-state index in [1.54, 1.807) is 23.7 Å². The summed E-state index contributed by atoms with van der Waals surface area (Å²) < 4.78 is 1.82. The molecule has 0 saturated carbocycles. The van der Waals surface area contributed by atoms with Crippen LogP contribution in [0.3, 0.4) is 0 Å². The maximum Gasteiger partial charge on any atom is 0.210 e. The second-order valence-corrected chi connectivity index (χ2v) is 8.66. The fourth-order valence-corrected chi connectivity index (χ4v) is 4.89. The summed E-state index contributed by atoms with van der Waals surface area (Å²) in [4.78, 5) is 17.5. The number of pyridine rings is 2. The molecule has 29 heavy (non-hydrogen) atoms. The second kappa shape index (κ2) is 7.24. The Balaban J connectivity index is 1.46. The molecule has 0 aromatic carbocycles. The third-order valence-electron chi connectivity index (χ3n) is 5.06. The Morgan fingerprint density at radius 1 is 1.14 bits per heavy atom. The molecule has 0 aliphatic carbocycles. The zero-order valence-corrected chi connectivity index (χ0v) is 17.7. The number of thiazole rings is 1. The van der Waals surface area contributed by atoms with E-state index in [0.717, 1.165) is 58.5 Å². The minimum Gasteiger partial charge on any atom is -0.351 e. The van der Waals surface area contributed by atoms with Crippen LogP contribution in [-0.2, 0) is 13.0 Å². The van der Waals surface area contributed by atoms with Gasteiger partial charge in [0.2, 0.25) is 5.13 Å². The first kappa shape index (κ1) is 18.3. The Labute approximate surface area is 177 Å². The minimum atomic E-state index is 0.615. The number of hydrogen-bond donors (Lipinski definition) is 0. The van der Waals surface area contributed by atoms with Crippen molar-refractivity contribution in [1.82, 2.24) is 24.7 Å². The van der Waals surface area contributed by atoms with Gasteiger partial charge in [0.15, 0.2) is 0 Å². The minimum absolute atomic E-state index is 0.615. The zero-order chi connectivity index (χ0) is 20.0. The molecule has 8 heteroatoms.